The molecule has 3 heteroatoms. The maximum Gasteiger partial charge on any atom is 0.131 e. The van der Waals surface area contributed by atoms with Gasteiger partial charge in [-0.05, 0) is 30.9 Å². The van der Waals surface area contributed by atoms with E-state index in [1.54, 1.807) is 13.0 Å². The van der Waals surface area contributed by atoms with E-state index < -0.39 is 6.10 Å². The lowest BCUT2D eigenvalue weighted by Gasteiger charge is -2.25. The molecule has 0 aliphatic carbocycles. The van der Waals surface area contributed by atoms with E-state index in [1.807, 2.05) is 6.07 Å². The molecule has 0 saturated carbocycles. The molecule has 2 nitrogen and oxygen atoms in total. The van der Waals surface area contributed by atoms with E-state index in [4.69, 9.17) is 0 Å². The van der Waals surface area contributed by atoms with Crippen molar-refractivity contribution >= 4 is 5.69 Å². The van der Waals surface area contributed by atoms with Gasteiger partial charge in [0.25, 0.3) is 0 Å². The van der Waals surface area contributed by atoms with Gasteiger partial charge < -0.3 is 10.0 Å². The summed E-state index contributed by atoms with van der Waals surface area (Å²) in [6.45, 7) is 7.89. The number of aliphatic hydroxyl groups is 1. The topological polar surface area (TPSA) is 23.5 Å². The second-order valence-electron chi connectivity index (χ2n) is 5.68. The van der Waals surface area contributed by atoms with Crippen molar-refractivity contribution in [1.82, 2.24) is 0 Å². The number of benzene rings is 1. The Balaban J connectivity index is 2.36. The maximum atomic E-state index is 13.8. The molecule has 1 atom stereocenters. The lowest BCUT2D eigenvalue weighted by Crippen LogP contribution is -2.24. The van der Waals surface area contributed by atoms with Gasteiger partial charge in [-0.15, -0.1) is 0 Å². The van der Waals surface area contributed by atoms with Crippen LogP contribution < -0.4 is 4.90 Å². The highest BCUT2D eigenvalue weighted by atomic mass is 19.1. The highest BCUT2D eigenvalue weighted by Gasteiger charge is 2.31. The fraction of sp³-hybridized carbons (Fsp3) is 0.571. The Morgan fingerprint density at radius 2 is 2.12 bits per heavy atom. The summed E-state index contributed by atoms with van der Waals surface area (Å²) in [4.78, 5) is 2.17. The van der Waals surface area contributed by atoms with Crippen LogP contribution in [0.1, 0.15) is 38.9 Å². The largest absolute Gasteiger partial charge is 0.389 e. The number of nitrogens with zero attached hydrogens (tertiary/aromatic N) is 1. The SMILES string of the molecule is C[C@H](O)c1c(F)cccc1N1CCC(C)(C)C1. The van der Waals surface area contributed by atoms with E-state index in [1.165, 1.54) is 6.07 Å². The Labute approximate surface area is 102 Å². The van der Waals surface area contributed by atoms with Crippen LogP contribution in [-0.4, -0.2) is 18.2 Å². The molecule has 0 aromatic heterocycles. The zero-order chi connectivity index (χ0) is 12.6. The minimum absolute atomic E-state index is 0.266. The van der Waals surface area contributed by atoms with Gasteiger partial charge in [-0.3, -0.25) is 0 Å². The highest BCUT2D eigenvalue weighted by Crippen LogP contribution is 2.36. The summed E-state index contributed by atoms with van der Waals surface area (Å²) < 4.78 is 13.8. The molecule has 17 heavy (non-hydrogen) atoms. The molecule has 1 aromatic carbocycles. The Kier molecular flexibility index (Phi) is 3.13. The fourth-order valence-corrected chi connectivity index (χ4v) is 2.53. The smallest absolute Gasteiger partial charge is 0.131 e. The standard InChI is InChI=1S/C14H20FNO/c1-10(17)13-11(15)5-4-6-12(13)16-8-7-14(2,3)9-16/h4-6,10,17H,7-9H2,1-3H3/t10-/m0/s1. The van der Waals surface area contributed by atoms with Crippen molar-refractivity contribution in [3.63, 3.8) is 0 Å². The van der Waals surface area contributed by atoms with Crippen LogP contribution in [0.15, 0.2) is 18.2 Å². The van der Waals surface area contributed by atoms with Gasteiger partial charge in [-0.2, -0.15) is 0 Å². The van der Waals surface area contributed by atoms with Gasteiger partial charge in [0.15, 0.2) is 0 Å². The van der Waals surface area contributed by atoms with Gasteiger partial charge in [0, 0.05) is 24.3 Å². The third-order valence-electron chi connectivity index (χ3n) is 3.47. The van der Waals surface area contributed by atoms with Crippen molar-refractivity contribution in [3.8, 4) is 0 Å². The number of rotatable bonds is 2. The van der Waals surface area contributed by atoms with Gasteiger partial charge >= 0.3 is 0 Å². The molecule has 2 rings (SSSR count). The molecule has 1 N–H and O–H groups in total. The Morgan fingerprint density at radius 1 is 1.41 bits per heavy atom. The van der Waals surface area contributed by atoms with Crippen molar-refractivity contribution in [2.45, 2.75) is 33.3 Å². The fourth-order valence-electron chi connectivity index (χ4n) is 2.53. The molecule has 1 saturated heterocycles. The van der Waals surface area contributed by atoms with Crippen LogP contribution in [0.2, 0.25) is 0 Å². The Hall–Kier alpha value is -1.09. The highest BCUT2D eigenvalue weighted by molar-refractivity contribution is 5.56. The number of hydrogen-bond acceptors (Lipinski definition) is 2. The average Bonchev–Trinajstić information content (AvgIpc) is 2.57. The van der Waals surface area contributed by atoms with E-state index in [-0.39, 0.29) is 11.2 Å². The monoisotopic (exact) mass is 237 g/mol. The molecule has 1 aromatic rings. The molecule has 0 radical (unpaired) electrons. The van der Waals surface area contributed by atoms with Crippen LogP contribution in [0, 0.1) is 11.2 Å². The molecule has 0 unspecified atom stereocenters. The molecule has 0 spiro atoms. The van der Waals surface area contributed by atoms with Crippen molar-refractivity contribution < 1.29 is 9.50 Å². The van der Waals surface area contributed by atoms with Crippen LogP contribution >= 0.6 is 0 Å². The quantitative estimate of drug-likeness (QED) is 0.854. The first-order chi connectivity index (χ1) is 7.91. The first kappa shape index (κ1) is 12.4. The number of aliphatic hydroxyl groups excluding tert-OH is 1. The zero-order valence-corrected chi connectivity index (χ0v) is 10.7. The summed E-state index contributed by atoms with van der Waals surface area (Å²) in [7, 11) is 0. The minimum atomic E-state index is -0.769. The zero-order valence-electron chi connectivity index (χ0n) is 10.7. The lowest BCUT2D eigenvalue weighted by molar-refractivity contribution is 0.194. The average molecular weight is 237 g/mol. The number of halogens is 1. The van der Waals surface area contributed by atoms with Crippen molar-refractivity contribution in [3.05, 3.63) is 29.6 Å². The second-order valence-corrected chi connectivity index (χ2v) is 5.68. The van der Waals surface area contributed by atoms with E-state index >= 15 is 0 Å². The molecule has 1 aliphatic rings. The predicted molar refractivity (Wildman–Crippen MR) is 67.6 cm³/mol. The van der Waals surface area contributed by atoms with Crippen molar-refractivity contribution in [2.24, 2.45) is 5.41 Å². The Bertz CT molecular complexity index is 415. The third kappa shape index (κ3) is 2.44. The van der Waals surface area contributed by atoms with Crippen LogP contribution in [0.4, 0.5) is 10.1 Å². The van der Waals surface area contributed by atoms with Crippen LogP contribution in [0.5, 0.6) is 0 Å². The lowest BCUT2D eigenvalue weighted by atomic mass is 9.93. The molecular formula is C14H20FNO. The van der Waals surface area contributed by atoms with Crippen LogP contribution in [0.25, 0.3) is 0 Å². The van der Waals surface area contributed by atoms with Gasteiger partial charge in [-0.1, -0.05) is 19.9 Å². The molecule has 0 bridgehead atoms. The van der Waals surface area contributed by atoms with Gasteiger partial charge in [-0.25, -0.2) is 4.39 Å². The normalized spacial score (nSPS) is 20.6. The van der Waals surface area contributed by atoms with Crippen LogP contribution in [-0.2, 0) is 0 Å². The summed E-state index contributed by atoms with van der Waals surface area (Å²) >= 11 is 0. The summed E-state index contributed by atoms with van der Waals surface area (Å²) in [6.07, 6.45) is 0.331. The Morgan fingerprint density at radius 3 is 2.65 bits per heavy atom. The predicted octanol–water partition coefficient (Wildman–Crippen LogP) is 3.12. The van der Waals surface area contributed by atoms with E-state index in [9.17, 15) is 9.50 Å². The van der Waals surface area contributed by atoms with Gasteiger partial charge in [0.2, 0.25) is 0 Å². The van der Waals surface area contributed by atoms with Crippen molar-refractivity contribution in [2.75, 3.05) is 18.0 Å². The third-order valence-corrected chi connectivity index (χ3v) is 3.47. The van der Waals surface area contributed by atoms with E-state index in [2.05, 4.69) is 18.7 Å². The maximum absolute atomic E-state index is 13.8. The minimum Gasteiger partial charge on any atom is -0.389 e. The summed E-state index contributed by atoms with van der Waals surface area (Å²) in [6, 6.07) is 5.02. The summed E-state index contributed by atoms with van der Waals surface area (Å²) in [5, 5.41) is 9.71. The first-order valence-corrected chi connectivity index (χ1v) is 6.12. The molecular weight excluding hydrogens is 217 g/mol. The first-order valence-electron chi connectivity index (χ1n) is 6.12. The molecule has 1 heterocycles. The number of hydrogen-bond donors (Lipinski definition) is 1. The molecule has 0 amide bonds. The van der Waals surface area contributed by atoms with Gasteiger partial charge in [0.1, 0.15) is 5.82 Å². The van der Waals surface area contributed by atoms with Gasteiger partial charge in [0.05, 0.1) is 6.10 Å². The van der Waals surface area contributed by atoms with E-state index in [0.717, 1.165) is 25.2 Å². The molecule has 1 aliphatic heterocycles. The molecule has 94 valence electrons. The number of anilines is 1. The second kappa shape index (κ2) is 4.30. The van der Waals surface area contributed by atoms with Crippen molar-refractivity contribution in [1.29, 1.82) is 0 Å². The van der Waals surface area contributed by atoms with Crippen LogP contribution in [0.3, 0.4) is 0 Å². The van der Waals surface area contributed by atoms with E-state index in [0.29, 0.717) is 5.56 Å². The summed E-state index contributed by atoms with van der Waals surface area (Å²) in [5.41, 5.74) is 1.53. The summed E-state index contributed by atoms with van der Waals surface area (Å²) in [5.74, 6) is -0.317. The molecule has 1 fully saturated rings.